The highest BCUT2D eigenvalue weighted by Gasteiger charge is 2.55. The summed E-state index contributed by atoms with van der Waals surface area (Å²) in [5.41, 5.74) is 9.25. The lowest BCUT2D eigenvalue weighted by molar-refractivity contribution is -0.170. The van der Waals surface area contributed by atoms with Crippen LogP contribution in [-0.2, 0) is 27.9 Å². The molecule has 0 saturated carbocycles. The van der Waals surface area contributed by atoms with Gasteiger partial charge in [-0.2, -0.15) is 5.10 Å². The predicted molar refractivity (Wildman–Crippen MR) is 142 cm³/mol. The van der Waals surface area contributed by atoms with Crippen molar-refractivity contribution in [1.82, 2.24) is 19.7 Å². The maximum absolute atomic E-state index is 13.8. The molecule has 0 bridgehead atoms. The minimum absolute atomic E-state index is 0.0295. The fraction of sp³-hybridized carbons (Fsp3) is 0.393. The summed E-state index contributed by atoms with van der Waals surface area (Å²) in [4.78, 5) is 47.3. The lowest BCUT2D eigenvalue weighted by atomic mass is 9.80. The molecule has 38 heavy (non-hydrogen) atoms. The Hall–Kier alpha value is -4.08. The van der Waals surface area contributed by atoms with Gasteiger partial charge in [0.2, 0.25) is 11.8 Å². The van der Waals surface area contributed by atoms with Gasteiger partial charge in [-0.1, -0.05) is 19.1 Å². The van der Waals surface area contributed by atoms with Crippen molar-refractivity contribution < 1.29 is 18.8 Å². The normalized spacial score (nSPS) is 17.7. The molecule has 3 amide bonds. The molecule has 0 spiro atoms. The number of hydrogen-bond acceptors (Lipinski definition) is 6. The van der Waals surface area contributed by atoms with Gasteiger partial charge in [0.25, 0.3) is 5.91 Å². The van der Waals surface area contributed by atoms with Crippen molar-refractivity contribution in [2.75, 3.05) is 17.7 Å². The number of nitrogens with two attached hydrogens (primary N) is 1. The Morgan fingerprint density at radius 2 is 1.95 bits per heavy atom. The summed E-state index contributed by atoms with van der Waals surface area (Å²) in [6, 6.07) is 7.32. The standard InChI is InChI=1S/C28H33FN6O3/c1-6-19(20-7-8-23(29)16(2)9-20)13-25(36)35-26(28(38)34(5)21-14-31-33(4)15-21)22(27(35)37)11-18-10-17(3)32-24(30)12-18/h7-10,12,14-15,19,22,26H,6,11,13H2,1-5H3,(H2,30,32)/t19-,22+,26-/m0/s1. The second kappa shape index (κ2) is 10.7. The largest absolute Gasteiger partial charge is 0.384 e. The fourth-order valence-electron chi connectivity index (χ4n) is 5.08. The van der Waals surface area contributed by atoms with E-state index in [2.05, 4.69) is 10.1 Å². The third kappa shape index (κ3) is 5.29. The SMILES string of the molecule is CC[C@@H](CC(=O)N1C(=O)[C@H](Cc2cc(C)nc(N)c2)[C@H]1C(=O)N(C)c1cnn(C)c1)c1ccc(F)c(C)c1. The molecule has 1 aliphatic rings. The van der Waals surface area contributed by atoms with E-state index in [0.29, 0.717) is 29.2 Å². The molecule has 0 aliphatic carbocycles. The number of likely N-dealkylation sites (tertiary alicyclic amines) is 1. The number of halogens is 1. The van der Waals surface area contributed by atoms with Gasteiger partial charge in [-0.05, 0) is 67.5 Å². The molecule has 3 atom stereocenters. The molecule has 1 aromatic carbocycles. The van der Waals surface area contributed by atoms with Gasteiger partial charge < -0.3 is 10.6 Å². The molecule has 1 fully saturated rings. The van der Waals surface area contributed by atoms with Crippen LogP contribution in [-0.4, -0.2) is 50.5 Å². The zero-order valence-corrected chi connectivity index (χ0v) is 22.3. The third-order valence-corrected chi connectivity index (χ3v) is 7.20. The van der Waals surface area contributed by atoms with Crippen LogP contribution in [0.1, 0.15) is 48.1 Å². The minimum atomic E-state index is -0.970. The molecular weight excluding hydrogens is 487 g/mol. The van der Waals surface area contributed by atoms with Gasteiger partial charge in [0, 0.05) is 32.4 Å². The van der Waals surface area contributed by atoms with Gasteiger partial charge in [-0.15, -0.1) is 0 Å². The Kier molecular flexibility index (Phi) is 7.61. The molecule has 4 rings (SSSR count). The van der Waals surface area contributed by atoms with Gasteiger partial charge in [0.05, 0.1) is 17.8 Å². The number of likely N-dealkylation sites (N-methyl/N-ethyl adjacent to an activating group) is 1. The molecule has 1 aliphatic heterocycles. The van der Waals surface area contributed by atoms with E-state index in [1.165, 1.54) is 11.0 Å². The number of hydrogen-bond donors (Lipinski definition) is 1. The molecule has 9 nitrogen and oxygen atoms in total. The van der Waals surface area contributed by atoms with E-state index in [0.717, 1.165) is 16.0 Å². The Bertz CT molecular complexity index is 1370. The van der Waals surface area contributed by atoms with Crippen molar-refractivity contribution in [2.45, 2.75) is 52.0 Å². The van der Waals surface area contributed by atoms with Crippen LogP contribution < -0.4 is 10.6 Å². The van der Waals surface area contributed by atoms with E-state index in [4.69, 9.17) is 5.73 Å². The first-order valence-electron chi connectivity index (χ1n) is 12.6. The number of pyridine rings is 1. The number of imide groups is 1. The Balaban J connectivity index is 1.61. The molecule has 3 heterocycles. The summed E-state index contributed by atoms with van der Waals surface area (Å²) < 4.78 is 15.4. The van der Waals surface area contributed by atoms with Crippen LogP contribution in [0, 0.1) is 25.6 Å². The second-order valence-corrected chi connectivity index (χ2v) is 9.99. The van der Waals surface area contributed by atoms with E-state index >= 15 is 0 Å². The van der Waals surface area contributed by atoms with Gasteiger partial charge >= 0.3 is 0 Å². The zero-order valence-electron chi connectivity index (χ0n) is 22.3. The summed E-state index contributed by atoms with van der Waals surface area (Å²) in [6.07, 6.45) is 4.14. The van der Waals surface area contributed by atoms with Crippen LogP contribution in [0.2, 0.25) is 0 Å². The molecule has 3 aromatic rings. The average Bonchev–Trinajstić information content (AvgIpc) is 3.30. The fourth-order valence-corrected chi connectivity index (χ4v) is 5.08. The summed E-state index contributed by atoms with van der Waals surface area (Å²) in [5.74, 6) is -2.12. The zero-order chi connectivity index (χ0) is 27.7. The number of aryl methyl sites for hydroxylation is 3. The highest BCUT2D eigenvalue weighted by molar-refractivity contribution is 6.12. The highest BCUT2D eigenvalue weighted by atomic mass is 19.1. The Morgan fingerprint density at radius 1 is 1.21 bits per heavy atom. The number of carbonyl (C=O) groups excluding carboxylic acids is 3. The molecule has 10 heteroatoms. The van der Waals surface area contributed by atoms with Crippen molar-refractivity contribution in [3.63, 3.8) is 0 Å². The monoisotopic (exact) mass is 520 g/mol. The van der Waals surface area contributed by atoms with Crippen molar-refractivity contribution in [3.05, 3.63) is 70.9 Å². The Labute approximate surface area is 221 Å². The van der Waals surface area contributed by atoms with Crippen LogP contribution in [0.25, 0.3) is 0 Å². The van der Waals surface area contributed by atoms with E-state index in [1.807, 2.05) is 13.0 Å². The Morgan fingerprint density at radius 3 is 2.55 bits per heavy atom. The summed E-state index contributed by atoms with van der Waals surface area (Å²) in [6.45, 7) is 5.42. The molecule has 2 N–H and O–H groups in total. The number of rotatable bonds is 8. The topological polar surface area (TPSA) is 114 Å². The number of carbonyl (C=O) groups is 3. The number of amides is 3. The lowest BCUT2D eigenvalue weighted by Gasteiger charge is -2.46. The van der Waals surface area contributed by atoms with E-state index in [-0.39, 0.29) is 30.5 Å². The highest BCUT2D eigenvalue weighted by Crippen LogP contribution is 2.35. The van der Waals surface area contributed by atoms with Crippen LogP contribution in [0.3, 0.4) is 0 Å². The number of nitrogens with zero attached hydrogens (tertiary/aromatic N) is 5. The smallest absolute Gasteiger partial charge is 0.250 e. The number of β-lactam (4-membered cyclic amide) rings is 1. The first-order valence-corrected chi connectivity index (χ1v) is 12.6. The molecule has 0 radical (unpaired) electrons. The van der Waals surface area contributed by atoms with Gasteiger partial charge in [-0.3, -0.25) is 24.0 Å². The van der Waals surface area contributed by atoms with Crippen molar-refractivity contribution in [3.8, 4) is 0 Å². The van der Waals surface area contributed by atoms with Crippen LogP contribution in [0.15, 0.2) is 42.7 Å². The molecule has 0 unspecified atom stereocenters. The van der Waals surface area contributed by atoms with Crippen molar-refractivity contribution in [1.29, 1.82) is 0 Å². The van der Waals surface area contributed by atoms with Crippen molar-refractivity contribution in [2.24, 2.45) is 13.0 Å². The number of nitrogen functional groups attached to an aromatic ring is 1. The number of anilines is 2. The first-order chi connectivity index (χ1) is 18.0. The maximum atomic E-state index is 13.8. The quantitative estimate of drug-likeness (QED) is 0.456. The van der Waals surface area contributed by atoms with Crippen LogP contribution >= 0.6 is 0 Å². The van der Waals surface area contributed by atoms with Crippen LogP contribution in [0.4, 0.5) is 15.9 Å². The number of aromatic nitrogens is 3. The average molecular weight is 521 g/mol. The summed E-state index contributed by atoms with van der Waals surface area (Å²) >= 11 is 0. The second-order valence-electron chi connectivity index (χ2n) is 9.99. The number of benzene rings is 1. The molecule has 1 saturated heterocycles. The maximum Gasteiger partial charge on any atom is 0.250 e. The molecule has 2 aromatic heterocycles. The third-order valence-electron chi connectivity index (χ3n) is 7.20. The van der Waals surface area contributed by atoms with Gasteiger partial charge in [0.15, 0.2) is 0 Å². The van der Waals surface area contributed by atoms with E-state index in [1.54, 1.807) is 63.2 Å². The molecule has 200 valence electrons. The molecular formula is C28H33FN6O3. The predicted octanol–water partition coefficient (Wildman–Crippen LogP) is 3.30. The summed E-state index contributed by atoms with van der Waals surface area (Å²) in [5, 5.41) is 4.12. The van der Waals surface area contributed by atoms with Gasteiger partial charge in [-0.25, -0.2) is 9.37 Å². The first kappa shape index (κ1) is 27.0. The van der Waals surface area contributed by atoms with Crippen LogP contribution in [0.5, 0.6) is 0 Å². The minimum Gasteiger partial charge on any atom is -0.384 e. The van der Waals surface area contributed by atoms with E-state index < -0.39 is 23.8 Å². The van der Waals surface area contributed by atoms with Gasteiger partial charge in [0.1, 0.15) is 17.7 Å². The summed E-state index contributed by atoms with van der Waals surface area (Å²) in [7, 11) is 3.35. The van der Waals surface area contributed by atoms with E-state index in [9.17, 15) is 18.8 Å². The lowest BCUT2D eigenvalue weighted by Crippen LogP contribution is -2.69. The van der Waals surface area contributed by atoms with Crippen molar-refractivity contribution >= 4 is 29.2 Å².